The first-order chi connectivity index (χ1) is 9.08. The van der Waals surface area contributed by atoms with Gasteiger partial charge in [-0.05, 0) is 25.2 Å². The second-order valence-electron chi connectivity index (χ2n) is 4.21. The average Bonchev–Trinajstić information content (AvgIpc) is 2.56. The van der Waals surface area contributed by atoms with Crippen LogP contribution in [0.25, 0.3) is 0 Å². The highest BCUT2D eigenvalue weighted by Crippen LogP contribution is 2.31. The van der Waals surface area contributed by atoms with Gasteiger partial charge in [0, 0.05) is 12.6 Å². The number of nitrogens with one attached hydrogen (secondary N) is 2. The third-order valence-corrected chi connectivity index (χ3v) is 3.10. The number of nitrogens with two attached hydrogens (primary N) is 1. The molecule has 2 amide bonds. The van der Waals surface area contributed by atoms with Crippen molar-refractivity contribution in [3.05, 3.63) is 23.8 Å². The molecule has 0 aliphatic carbocycles. The molecule has 7 nitrogen and oxygen atoms in total. The molecule has 4 N–H and O–H groups in total. The van der Waals surface area contributed by atoms with E-state index in [1.54, 1.807) is 32.3 Å². The summed E-state index contributed by atoms with van der Waals surface area (Å²) in [5.74, 6) is 5.12. The zero-order chi connectivity index (χ0) is 14.0. The maximum absolute atomic E-state index is 12.1. The minimum absolute atomic E-state index is 0.119. The van der Waals surface area contributed by atoms with Crippen LogP contribution < -0.4 is 26.2 Å². The number of likely N-dealkylation sites (N-methyl/N-ethyl adjacent to an activating group) is 2. The molecule has 0 saturated heterocycles. The summed E-state index contributed by atoms with van der Waals surface area (Å²) in [4.78, 5) is 25.1. The van der Waals surface area contributed by atoms with E-state index in [0.717, 1.165) is 0 Å². The topological polar surface area (TPSA) is 96.7 Å². The number of hydrazine groups is 1. The Bertz CT molecular complexity index is 518. The van der Waals surface area contributed by atoms with E-state index in [1.807, 2.05) is 0 Å². The van der Waals surface area contributed by atoms with Crippen molar-refractivity contribution in [2.45, 2.75) is 6.04 Å². The lowest BCUT2D eigenvalue weighted by atomic mass is 10.1. The highest BCUT2D eigenvalue weighted by Gasteiger charge is 2.28. The molecule has 102 valence electrons. The van der Waals surface area contributed by atoms with Gasteiger partial charge in [-0.15, -0.1) is 0 Å². The van der Waals surface area contributed by atoms with Gasteiger partial charge < -0.3 is 15.0 Å². The summed E-state index contributed by atoms with van der Waals surface area (Å²) in [5, 5.41) is 2.89. The summed E-state index contributed by atoms with van der Waals surface area (Å²) in [6, 6.07) is 4.41. The second-order valence-corrected chi connectivity index (χ2v) is 4.21. The van der Waals surface area contributed by atoms with E-state index in [9.17, 15) is 9.59 Å². The number of nitrogen functional groups attached to an aromatic ring is 1. The number of benzene rings is 1. The van der Waals surface area contributed by atoms with Crippen molar-refractivity contribution < 1.29 is 14.3 Å². The molecule has 0 spiro atoms. The molecule has 1 aromatic rings. The molecule has 1 atom stereocenters. The fourth-order valence-corrected chi connectivity index (χ4v) is 1.93. The molecule has 1 aliphatic heterocycles. The van der Waals surface area contributed by atoms with E-state index < -0.39 is 11.9 Å². The molecule has 0 fully saturated rings. The number of amides is 2. The van der Waals surface area contributed by atoms with Gasteiger partial charge in [-0.3, -0.25) is 15.0 Å². The molecule has 0 bridgehead atoms. The van der Waals surface area contributed by atoms with Crippen LogP contribution in [0.15, 0.2) is 18.2 Å². The maximum Gasteiger partial charge on any atom is 0.265 e. The Morgan fingerprint density at radius 1 is 1.53 bits per heavy atom. The fraction of sp³-hybridized carbons (Fsp3) is 0.333. The normalized spacial score (nSPS) is 18.4. The number of ether oxygens (including phenoxy) is 1. The lowest BCUT2D eigenvalue weighted by molar-refractivity contribution is -0.120. The van der Waals surface area contributed by atoms with Crippen LogP contribution >= 0.6 is 0 Å². The van der Waals surface area contributed by atoms with Crippen molar-refractivity contribution in [2.75, 3.05) is 25.6 Å². The molecule has 0 saturated carbocycles. The van der Waals surface area contributed by atoms with Crippen LogP contribution in [0.1, 0.15) is 10.4 Å². The van der Waals surface area contributed by atoms with Crippen molar-refractivity contribution in [3.63, 3.8) is 0 Å². The van der Waals surface area contributed by atoms with Gasteiger partial charge >= 0.3 is 0 Å². The highest BCUT2D eigenvalue weighted by atomic mass is 16.5. The zero-order valence-corrected chi connectivity index (χ0v) is 10.8. The third-order valence-electron chi connectivity index (χ3n) is 3.10. The van der Waals surface area contributed by atoms with Crippen LogP contribution in [-0.2, 0) is 4.79 Å². The van der Waals surface area contributed by atoms with E-state index in [-0.39, 0.29) is 12.5 Å². The van der Waals surface area contributed by atoms with Crippen LogP contribution in [0.2, 0.25) is 0 Å². The van der Waals surface area contributed by atoms with Crippen molar-refractivity contribution in [2.24, 2.45) is 5.84 Å². The Morgan fingerprint density at radius 2 is 2.26 bits per heavy atom. The summed E-state index contributed by atoms with van der Waals surface area (Å²) >= 11 is 0. The number of nitrogens with zero attached hydrogens (tertiary/aromatic N) is 1. The predicted octanol–water partition coefficient (Wildman–Crippen LogP) is -0.767. The second kappa shape index (κ2) is 5.25. The largest absolute Gasteiger partial charge is 0.489 e. The fourth-order valence-electron chi connectivity index (χ4n) is 1.93. The lowest BCUT2D eigenvalue weighted by Gasteiger charge is -2.19. The van der Waals surface area contributed by atoms with E-state index in [0.29, 0.717) is 17.0 Å². The lowest BCUT2D eigenvalue weighted by Crippen LogP contribution is -2.45. The van der Waals surface area contributed by atoms with Gasteiger partial charge in [0.25, 0.3) is 5.91 Å². The SMILES string of the molecule is CN[C@H]1COc2ccc(C(=O)NN)cc2N(C)C1=O. The van der Waals surface area contributed by atoms with E-state index in [1.165, 1.54) is 4.90 Å². The van der Waals surface area contributed by atoms with E-state index in [2.05, 4.69) is 10.7 Å². The van der Waals surface area contributed by atoms with Gasteiger partial charge in [-0.25, -0.2) is 5.84 Å². The summed E-state index contributed by atoms with van der Waals surface area (Å²) in [6.07, 6.45) is 0. The Kier molecular flexibility index (Phi) is 3.68. The van der Waals surface area contributed by atoms with Crippen molar-refractivity contribution in [1.82, 2.24) is 10.7 Å². The van der Waals surface area contributed by atoms with E-state index in [4.69, 9.17) is 10.6 Å². The average molecular weight is 264 g/mol. The van der Waals surface area contributed by atoms with Crippen molar-refractivity contribution >= 4 is 17.5 Å². The van der Waals surface area contributed by atoms with Gasteiger partial charge in [-0.1, -0.05) is 0 Å². The molecule has 19 heavy (non-hydrogen) atoms. The molecule has 1 aliphatic rings. The Balaban J connectivity index is 2.42. The smallest absolute Gasteiger partial charge is 0.265 e. The predicted molar refractivity (Wildman–Crippen MR) is 69.8 cm³/mol. The molecule has 0 aromatic heterocycles. The molecule has 1 heterocycles. The number of hydrogen-bond acceptors (Lipinski definition) is 5. The van der Waals surface area contributed by atoms with Gasteiger partial charge in [-0.2, -0.15) is 0 Å². The Morgan fingerprint density at radius 3 is 2.89 bits per heavy atom. The highest BCUT2D eigenvalue weighted by molar-refractivity contribution is 6.01. The van der Waals surface area contributed by atoms with Crippen LogP contribution in [0, 0.1) is 0 Å². The standard InChI is InChI=1S/C12H16N4O3/c1-14-8-6-19-10-4-3-7(11(17)15-13)5-9(10)16(2)12(8)18/h3-5,8,14H,6,13H2,1-2H3,(H,15,17)/t8-/m0/s1. The van der Waals surface area contributed by atoms with Crippen LogP contribution in [0.5, 0.6) is 5.75 Å². The molecule has 0 radical (unpaired) electrons. The molecular formula is C12H16N4O3. The number of rotatable bonds is 2. The minimum Gasteiger partial charge on any atom is -0.489 e. The first-order valence-corrected chi connectivity index (χ1v) is 5.81. The summed E-state index contributed by atoms with van der Waals surface area (Å²) in [7, 11) is 3.34. The van der Waals surface area contributed by atoms with Crippen LogP contribution in [0.4, 0.5) is 5.69 Å². The van der Waals surface area contributed by atoms with Crippen LogP contribution in [-0.4, -0.2) is 38.6 Å². The number of fused-ring (bicyclic) bond motifs is 1. The number of carbonyl (C=O) groups is 2. The summed E-state index contributed by atoms with van der Waals surface area (Å²) in [5.41, 5.74) is 2.97. The first kappa shape index (κ1) is 13.3. The van der Waals surface area contributed by atoms with Gasteiger partial charge in [0.05, 0.1) is 5.69 Å². The quantitative estimate of drug-likeness (QED) is 0.370. The molecule has 7 heteroatoms. The first-order valence-electron chi connectivity index (χ1n) is 5.81. The summed E-state index contributed by atoms with van der Waals surface area (Å²) in [6.45, 7) is 0.245. The van der Waals surface area contributed by atoms with E-state index >= 15 is 0 Å². The zero-order valence-electron chi connectivity index (χ0n) is 10.8. The number of carbonyl (C=O) groups excluding carboxylic acids is 2. The maximum atomic E-state index is 12.1. The Labute approximate surface area is 110 Å². The molecule has 1 aromatic carbocycles. The summed E-state index contributed by atoms with van der Waals surface area (Å²) < 4.78 is 5.57. The third kappa shape index (κ3) is 2.38. The minimum atomic E-state index is -0.418. The van der Waals surface area contributed by atoms with Gasteiger partial charge in [0.1, 0.15) is 18.4 Å². The molecule has 0 unspecified atom stereocenters. The number of hydrogen-bond donors (Lipinski definition) is 3. The van der Waals surface area contributed by atoms with Crippen molar-refractivity contribution in [3.8, 4) is 5.75 Å². The monoisotopic (exact) mass is 264 g/mol. The van der Waals surface area contributed by atoms with Gasteiger partial charge in [0.15, 0.2) is 0 Å². The number of anilines is 1. The van der Waals surface area contributed by atoms with Gasteiger partial charge in [0.2, 0.25) is 5.91 Å². The van der Waals surface area contributed by atoms with Crippen molar-refractivity contribution in [1.29, 1.82) is 0 Å². The van der Waals surface area contributed by atoms with Crippen LogP contribution in [0.3, 0.4) is 0 Å². The molecular weight excluding hydrogens is 248 g/mol. The molecule has 2 rings (SSSR count). The Hall–Kier alpha value is -2.12.